The monoisotopic (exact) mass is 382 g/mol. The fraction of sp³-hybridized carbons (Fsp3) is 0.391. The van der Waals surface area contributed by atoms with E-state index in [1.54, 1.807) is 0 Å². The maximum atomic E-state index is 6.16. The summed E-state index contributed by atoms with van der Waals surface area (Å²) in [5.74, 6) is 1.12. The lowest BCUT2D eigenvalue weighted by atomic mass is 10.1. The van der Waals surface area contributed by atoms with Crippen LogP contribution in [-0.4, -0.2) is 12.1 Å². The molecule has 4 N–H and O–H groups in total. The molecule has 1 aromatic carbocycles. The van der Waals surface area contributed by atoms with E-state index in [2.05, 4.69) is 43.4 Å². The van der Waals surface area contributed by atoms with Gasteiger partial charge in [0.05, 0.1) is 11.8 Å². The average Bonchev–Trinajstić information content (AvgIpc) is 3.26. The summed E-state index contributed by atoms with van der Waals surface area (Å²) in [6.45, 7) is 6.24. The van der Waals surface area contributed by atoms with Crippen LogP contribution in [0.15, 0.2) is 54.1 Å². The van der Waals surface area contributed by atoms with E-state index in [1.807, 2.05) is 37.3 Å². The predicted octanol–water partition coefficient (Wildman–Crippen LogP) is 5.88. The van der Waals surface area contributed by atoms with Crippen molar-refractivity contribution >= 4 is 17.0 Å². The van der Waals surface area contributed by atoms with Crippen molar-refractivity contribution in [2.75, 3.05) is 5.73 Å². The van der Waals surface area contributed by atoms with E-state index in [0.29, 0.717) is 11.6 Å². The molecule has 3 rings (SSSR count). The Morgan fingerprint density at radius 3 is 2.67 bits per heavy atom. The molecule has 4 heteroatoms. The number of ether oxygens (including phenoxy) is 1. The zero-order valence-corrected chi connectivity index (χ0v) is 17.3. The van der Waals surface area contributed by atoms with Gasteiger partial charge in [-0.25, -0.2) is 0 Å². The zero-order valence-electron chi connectivity index (χ0n) is 16.4. The van der Waals surface area contributed by atoms with Crippen molar-refractivity contribution in [3.05, 3.63) is 59.0 Å². The Bertz CT molecular complexity index is 835. The largest absolute Gasteiger partial charge is 0.489 e. The number of anilines is 1. The van der Waals surface area contributed by atoms with Crippen molar-refractivity contribution in [1.29, 1.82) is 0 Å². The number of allylic oxidation sites excluding steroid dienone is 3. The average molecular weight is 383 g/mol. The molecule has 0 bridgehead atoms. The molecule has 0 spiro atoms. The molecular weight excluding hydrogens is 352 g/mol. The van der Waals surface area contributed by atoms with Gasteiger partial charge in [0.1, 0.15) is 5.75 Å². The zero-order chi connectivity index (χ0) is 19.4. The number of hydrogen-bond acceptors (Lipinski definition) is 4. The van der Waals surface area contributed by atoms with Crippen LogP contribution in [0.2, 0.25) is 0 Å². The van der Waals surface area contributed by atoms with E-state index < -0.39 is 0 Å². The van der Waals surface area contributed by atoms with E-state index in [9.17, 15) is 0 Å². The molecule has 1 fully saturated rings. The Hall–Kier alpha value is -2.04. The first-order valence-corrected chi connectivity index (χ1v) is 10.5. The van der Waals surface area contributed by atoms with Gasteiger partial charge in [-0.3, -0.25) is 0 Å². The van der Waals surface area contributed by atoms with Gasteiger partial charge in [-0.05, 0) is 69.0 Å². The predicted molar refractivity (Wildman–Crippen MR) is 117 cm³/mol. The minimum Gasteiger partial charge on any atom is -0.489 e. The standard InChI is InChI=1S/C23H30N2OS/c1-15(2)26-21-11-10-18(14-20(21)25)23-13-12-22(27-23)16(3)6-4-7-17-8-5-9-19(17)24/h4,6-7,10-16,19H,5,8-9,24-25H2,1-3H3/b6-4-,17-7+/t16?,19-/m0/s1. The molecule has 0 radical (unpaired) electrons. The van der Waals surface area contributed by atoms with Gasteiger partial charge in [0.25, 0.3) is 0 Å². The smallest absolute Gasteiger partial charge is 0.142 e. The minimum absolute atomic E-state index is 0.118. The highest BCUT2D eigenvalue weighted by atomic mass is 32.1. The maximum Gasteiger partial charge on any atom is 0.142 e. The molecule has 0 saturated heterocycles. The molecular formula is C23H30N2OS. The van der Waals surface area contributed by atoms with Gasteiger partial charge in [0.15, 0.2) is 0 Å². The summed E-state index contributed by atoms with van der Waals surface area (Å²) in [7, 11) is 0. The summed E-state index contributed by atoms with van der Waals surface area (Å²) in [6.07, 6.45) is 10.2. The van der Waals surface area contributed by atoms with Gasteiger partial charge in [0.2, 0.25) is 0 Å². The summed E-state index contributed by atoms with van der Waals surface area (Å²) in [5, 5.41) is 0. The molecule has 27 heavy (non-hydrogen) atoms. The van der Waals surface area contributed by atoms with E-state index in [1.165, 1.54) is 21.7 Å². The highest BCUT2D eigenvalue weighted by molar-refractivity contribution is 7.15. The van der Waals surface area contributed by atoms with Crippen LogP contribution in [0.25, 0.3) is 10.4 Å². The first kappa shape index (κ1) is 19.7. The maximum absolute atomic E-state index is 6.16. The topological polar surface area (TPSA) is 61.3 Å². The van der Waals surface area contributed by atoms with Crippen LogP contribution in [-0.2, 0) is 0 Å². The third-order valence-electron chi connectivity index (χ3n) is 4.90. The Morgan fingerprint density at radius 2 is 2.00 bits per heavy atom. The van der Waals surface area contributed by atoms with Crippen molar-refractivity contribution in [1.82, 2.24) is 0 Å². The third kappa shape index (κ3) is 5.02. The minimum atomic E-state index is 0.118. The lowest BCUT2D eigenvalue weighted by Gasteiger charge is -2.12. The second-order valence-electron chi connectivity index (χ2n) is 7.54. The van der Waals surface area contributed by atoms with E-state index in [0.717, 1.165) is 24.2 Å². The Morgan fingerprint density at radius 1 is 1.19 bits per heavy atom. The SMILES string of the molecule is CC(C)Oc1ccc(-c2ccc(C(C)/C=C\C=C3/CCC[C@@H]3N)s2)cc1N. The number of nitrogen functional groups attached to an aromatic ring is 1. The highest BCUT2D eigenvalue weighted by Crippen LogP contribution is 2.36. The van der Waals surface area contributed by atoms with Crippen molar-refractivity contribution in [2.24, 2.45) is 5.73 Å². The molecule has 1 saturated carbocycles. The summed E-state index contributed by atoms with van der Waals surface area (Å²) in [5.41, 5.74) is 15.5. The molecule has 0 aliphatic heterocycles. The van der Waals surface area contributed by atoms with E-state index in [4.69, 9.17) is 16.2 Å². The fourth-order valence-electron chi connectivity index (χ4n) is 3.36. The molecule has 3 nitrogen and oxygen atoms in total. The summed E-state index contributed by atoms with van der Waals surface area (Å²) < 4.78 is 5.73. The Kier molecular flexibility index (Phi) is 6.40. The van der Waals surface area contributed by atoms with Crippen molar-refractivity contribution in [2.45, 2.75) is 58.1 Å². The second kappa shape index (κ2) is 8.77. The molecule has 2 aromatic rings. The summed E-state index contributed by atoms with van der Waals surface area (Å²) in [6, 6.07) is 10.7. The van der Waals surface area contributed by atoms with Crippen LogP contribution in [0.5, 0.6) is 5.75 Å². The van der Waals surface area contributed by atoms with Crippen molar-refractivity contribution in [3.8, 4) is 16.2 Å². The molecule has 2 atom stereocenters. The van der Waals surface area contributed by atoms with Gasteiger partial charge < -0.3 is 16.2 Å². The number of hydrogen-bond donors (Lipinski definition) is 2. The van der Waals surface area contributed by atoms with Crippen molar-refractivity contribution in [3.63, 3.8) is 0 Å². The van der Waals surface area contributed by atoms with Crippen LogP contribution in [0.4, 0.5) is 5.69 Å². The van der Waals surface area contributed by atoms with Crippen molar-refractivity contribution < 1.29 is 4.74 Å². The first-order valence-electron chi connectivity index (χ1n) is 9.73. The molecule has 1 aromatic heterocycles. The third-order valence-corrected chi connectivity index (χ3v) is 6.23. The number of benzene rings is 1. The molecule has 1 unspecified atom stereocenters. The Labute approximate surface area is 166 Å². The van der Waals surface area contributed by atoms with Gasteiger partial charge >= 0.3 is 0 Å². The highest BCUT2D eigenvalue weighted by Gasteiger charge is 2.15. The quantitative estimate of drug-likeness (QED) is 0.613. The molecule has 1 heterocycles. The number of thiophene rings is 1. The van der Waals surface area contributed by atoms with Crippen LogP contribution in [0, 0.1) is 0 Å². The number of nitrogens with two attached hydrogens (primary N) is 2. The number of rotatable bonds is 6. The van der Waals surface area contributed by atoms with Crippen LogP contribution in [0.1, 0.15) is 50.8 Å². The van der Waals surface area contributed by atoms with Gasteiger partial charge in [-0.1, -0.05) is 30.7 Å². The van der Waals surface area contributed by atoms with Gasteiger partial charge in [0, 0.05) is 21.7 Å². The second-order valence-corrected chi connectivity index (χ2v) is 8.65. The first-order chi connectivity index (χ1) is 12.9. The lowest BCUT2D eigenvalue weighted by Crippen LogP contribution is -2.16. The molecule has 1 aliphatic rings. The van der Waals surface area contributed by atoms with Gasteiger partial charge in [-0.15, -0.1) is 11.3 Å². The molecule has 144 valence electrons. The summed E-state index contributed by atoms with van der Waals surface area (Å²) >= 11 is 1.81. The van der Waals surface area contributed by atoms with Crippen LogP contribution < -0.4 is 16.2 Å². The normalized spacial score (nSPS) is 20.0. The van der Waals surface area contributed by atoms with Gasteiger partial charge in [-0.2, -0.15) is 0 Å². The summed E-state index contributed by atoms with van der Waals surface area (Å²) in [4.78, 5) is 2.57. The van der Waals surface area contributed by atoms with Crippen LogP contribution in [0.3, 0.4) is 0 Å². The van der Waals surface area contributed by atoms with E-state index >= 15 is 0 Å². The molecule has 0 amide bonds. The molecule has 1 aliphatic carbocycles. The fourth-order valence-corrected chi connectivity index (χ4v) is 4.40. The Balaban J connectivity index is 1.69. The van der Waals surface area contributed by atoms with Crippen LogP contribution >= 0.6 is 11.3 Å². The van der Waals surface area contributed by atoms with E-state index in [-0.39, 0.29) is 12.1 Å². The lowest BCUT2D eigenvalue weighted by molar-refractivity contribution is 0.244.